The lowest BCUT2D eigenvalue weighted by Gasteiger charge is -2.40. The maximum atomic E-state index is 5.14. The Hall–Kier alpha value is -8.51. The Morgan fingerprint density at radius 3 is 1.31 bits per heavy atom. The summed E-state index contributed by atoms with van der Waals surface area (Å²) in [4.78, 5) is 22.5. The summed E-state index contributed by atoms with van der Waals surface area (Å²) in [5.74, 6) is 0.708. The number of hydrogen-bond donors (Lipinski definition) is 0. The fourth-order valence-corrected chi connectivity index (χ4v) is 11.5. The molecule has 0 atom stereocenters. The van der Waals surface area contributed by atoms with E-state index in [0.717, 1.165) is 73.0 Å². The normalized spacial score (nSPS) is 12.8. The van der Waals surface area contributed by atoms with Crippen LogP contribution in [0.4, 0.5) is 0 Å². The average molecular weight is 885 g/mol. The molecular weight excluding hydrogens is 845 g/mol. The van der Waals surface area contributed by atoms with E-state index in [2.05, 4.69) is 188 Å². The van der Waals surface area contributed by atoms with Crippen LogP contribution in [0, 0.1) is 0 Å². The standard InChI is InChI=1S/C63H40N4S/c1-4-16-42(17-5-1)56-36-48(37-59(65-56)55-26-14-15-35-64-55)47-32-34-54-61(39-47)68-60-38-46(31-33-53(60)63(54)51-24-12-10-22-49(51)50-23-11-13-25-52(50)63)41-27-29-44(30-28-41)58-40-57(43-18-6-2-7-19-43)66-62(67-58)45-20-8-3-9-21-45/h1-40H. The zero-order valence-electron chi connectivity index (χ0n) is 36.8. The van der Waals surface area contributed by atoms with Gasteiger partial charge in [0.25, 0.3) is 0 Å². The highest BCUT2D eigenvalue weighted by Crippen LogP contribution is 2.62. The second-order valence-corrected chi connectivity index (χ2v) is 18.4. The van der Waals surface area contributed by atoms with Gasteiger partial charge >= 0.3 is 0 Å². The third-order valence-corrected chi connectivity index (χ3v) is 14.6. The van der Waals surface area contributed by atoms with E-state index in [-0.39, 0.29) is 0 Å². The minimum Gasteiger partial charge on any atom is -0.255 e. The maximum absolute atomic E-state index is 5.14. The number of fused-ring (bicyclic) bond motifs is 9. The van der Waals surface area contributed by atoms with Gasteiger partial charge in [-0.2, -0.15) is 0 Å². The van der Waals surface area contributed by atoms with Gasteiger partial charge in [-0.3, -0.25) is 4.98 Å². The molecule has 0 unspecified atom stereocenters. The van der Waals surface area contributed by atoms with Crippen LogP contribution in [0.5, 0.6) is 0 Å². The molecule has 0 radical (unpaired) electrons. The predicted octanol–water partition coefficient (Wildman–Crippen LogP) is 15.8. The first-order chi connectivity index (χ1) is 33.7. The van der Waals surface area contributed by atoms with Crippen molar-refractivity contribution in [2.75, 3.05) is 0 Å². The van der Waals surface area contributed by atoms with Gasteiger partial charge in [-0.1, -0.05) is 206 Å². The molecule has 1 aliphatic carbocycles. The third kappa shape index (κ3) is 6.70. The van der Waals surface area contributed by atoms with Crippen LogP contribution in [-0.2, 0) is 5.41 Å². The van der Waals surface area contributed by atoms with E-state index in [1.807, 2.05) is 66.5 Å². The largest absolute Gasteiger partial charge is 0.255 e. The average Bonchev–Trinajstić information content (AvgIpc) is 3.71. The SMILES string of the molecule is c1ccc(-c2cc(-c3ccc4c(c3)Sc3cc(-c5ccc(-c6cc(-c7ccccc7)nc(-c7ccccc7)n6)cc5)ccc3C43c4ccccc4-c4ccccc43)cc(-c3ccccn3)n2)cc1. The number of rotatable bonds is 7. The maximum Gasteiger partial charge on any atom is 0.160 e. The van der Waals surface area contributed by atoms with Crippen LogP contribution >= 0.6 is 11.8 Å². The smallest absolute Gasteiger partial charge is 0.160 e. The number of benzene rings is 8. The zero-order valence-corrected chi connectivity index (χ0v) is 37.6. The van der Waals surface area contributed by atoms with Gasteiger partial charge in [-0.25, -0.2) is 15.0 Å². The molecule has 0 N–H and O–H groups in total. The summed E-state index contributed by atoms with van der Waals surface area (Å²) < 4.78 is 0. The van der Waals surface area contributed by atoms with Crippen molar-refractivity contribution in [3.05, 3.63) is 265 Å². The van der Waals surface area contributed by atoms with Gasteiger partial charge in [-0.15, -0.1) is 0 Å². The molecule has 5 heteroatoms. The summed E-state index contributed by atoms with van der Waals surface area (Å²) in [6.07, 6.45) is 1.83. The molecule has 11 aromatic rings. The molecule has 3 aromatic heterocycles. The van der Waals surface area contributed by atoms with Crippen LogP contribution in [0.25, 0.3) is 89.9 Å². The monoisotopic (exact) mass is 884 g/mol. The van der Waals surface area contributed by atoms with E-state index in [1.54, 1.807) is 0 Å². The van der Waals surface area contributed by atoms with Crippen molar-refractivity contribution in [3.63, 3.8) is 0 Å². The molecule has 68 heavy (non-hydrogen) atoms. The Morgan fingerprint density at radius 2 is 0.735 bits per heavy atom. The fourth-order valence-electron chi connectivity index (χ4n) is 10.3. The minimum absolute atomic E-state index is 0.503. The second kappa shape index (κ2) is 16.4. The lowest BCUT2D eigenvalue weighted by atomic mass is 9.67. The molecule has 13 rings (SSSR count). The number of hydrogen-bond acceptors (Lipinski definition) is 5. The van der Waals surface area contributed by atoms with E-state index < -0.39 is 5.41 Å². The fraction of sp³-hybridized carbons (Fsp3) is 0.0159. The zero-order chi connectivity index (χ0) is 45.0. The van der Waals surface area contributed by atoms with Crippen LogP contribution < -0.4 is 0 Å². The van der Waals surface area contributed by atoms with Gasteiger partial charge in [-0.05, 0) is 98.1 Å². The van der Waals surface area contributed by atoms with Crippen LogP contribution in [0.1, 0.15) is 22.3 Å². The molecule has 318 valence electrons. The van der Waals surface area contributed by atoms with Crippen molar-refractivity contribution in [2.45, 2.75) is 15.2 Å². The first kappa shape index (κ1) is 39.8. The molecule has 0 bridgehead atoms. The highest BCUT2D eigenvalue weighted by molar-refractivity contribution is 7.99. The summed E-state index contributed by atoms with van der Waals surface area (Å²) in [7, 11) is 0. The van der Waals surface area contributed by atoms with Gasteiger partial charge in [0.05, 0.1) is 33.9 Å². The number of pyridine rings is 2. The van der Waals surface area contributed by atoms with Crippen molar-refractivity contribution < 1.29 is 0 Å². The topological polar surface area (TPSA) is 51.6 Å². The molecule has 2 aliphatic rings. The van der Waals surface area contributed by atoms with E-state index in [9.17, 15) is 0 Å². The number of nitrogens with zero attached hydrogens (tertiary/aromatic N) is 4. The molecule has 1 spiro atoms. The molecule has 4 nitrogen and oxygen atoms in total. The molecule has 0 saturated carbocycles. The predicted molar refractivity (Wildman–Crippen MR) is 277 cm³/mol. The first-order valence-electron chi connectivity index (χ1n) is 22.9. The summed E-state index contributed by atoms with van der Waals surface area (Å²) >= 11 is 1.87. The summed E-state index contributed by atoms with van der Waals surface area (Å²) in [6, 6.07) is 84.5. The lowest BCUT2D eigenvalue weighted by Crippen LogP contribution is -2.32. The van der Waals surface area contributed by atoms with Crippen LogP contribution in [0.15, 0.2) is 253 Å². The molecule has 4 heterocycles. The van der Waals surface area contributed by atoms with Crippen molar-refractivity contribution >= 4 is 11.8 Å². The summed E-state index contributed by atoms with van der Waals surface area (Å²) in [6.45, 7) is 0. The van der Waals surface area contributed by atoms with Crippen molar-refractivity contribution in [3.8, 4) is 89.9 Å². The summed E-state index contributed by atoms with van der Waals surface area (Å²) in [5, 5.41) is 0. The highest BCUT2D eigenvalue weighted by atomic mass is 32.2. The number of aromatic nitrogens is 4. The van der Waals surface area contributed by atoms with Crippen LogP contribution in [-0.4, -0.2) is 19.9 Å². The van der Waals surface area contributed by atoms with Crippen LogP contribution in [0.3, 0.4) is 0 Å². The third-order valence-electron chi connectivity index (χ3n) is 13.4. The molecule has 0 fully saturated rings. The first-order valence-corrected chi connectivity index (χ1v) is 23.8. The molecule has 0 amide bonds. The van der Waals surface area contributed by atoms with Gasteiger partial charge in [0.2, 0.25) is 0 Å². The Labute approximate surface area is 399 Å². The Kier molecular flexibility index (Phi) is 9.62. The Morgan fingerprint density at radius 1 is 0.279 bits per heavy atom. The summed E-state index contributed by atoms with van der Waals surface area (Å²) in [5.41, 5.74) is 20.4. The van der Waals surface area contributed by atoms with E-state index in [1.165, 1.54) is 43.2 Å². The van der Waals surface area contributed by atoms with Crippen molar-refractivity contribution in [2.24, 2.45) is 0 Å². The minimum atomic E-state index is -0.503. The second-order valence-electron chi connectivity index (χ2n) is 17.3. The molecule has 8 aromatic carbocycles. The molecular formula is C63H40N4S. The lowest BCUT2D eigenvalue weighted by molar-refractivity contribution is 0.723. The van der Waals surface area contributed by atoms with Gasteiger partial charge in [0.15, 0.2) is 5.82 Å². The Balaban J connectivity index is 0.942. The van der Waals surface area contributed by atoms with Crippen LogP contribution in [0.2, 0.25) is 0 Å². The van der Waals surface area contributed by atoms with Gasteiger partial charge in [0, 0.05) is 38.2 Å². The Bertz CT molecular complexity index is 3530. The van der Waals surface area contributed by atoms with E-state index in [4.69, 9.17) is 19.9 Å². The molecule has 0 saturated heterocycles. The van der Waals surface area contributed by atoms with E-state index in [0.29, 0.717) is 5.82 Å². The van der Waals surface area contributed by atoms with Gasteiger partial charge in [0.1, 0.15) is 0 Å². The van der Waals surface area contributed by atoms with Crippen molar-refractivity contribution in [1.29, 1.82) is 0 Å². The molecule has 1 aliphatic heterocycles. The quantitative estimate of drug-likeness (QED) is 0.160. The van der Waals surface area contributed by atoms with Crippen molar-refractivity contribution in [1.82, 2.24) is 19.9 Å². The van der Waals surface area contributed by atoms with E-state index >= 15 is 0 Å². The highest BCUT2D eigenvalue weighted by Gasteiger charge is 2.50. The van der Waals surface area contributed by atoms with Gasteiger partial charge < -0.3 is 0 Å².